The number of aromatic nitrogens is 3. The highest BCUT2D eigenvalue weighted by molar-refractivity contribution is 6.51. The number of hydrogen-bond donors (Lipinski definition) is 2. The molecule has 2 aromatic carbocycles. The summed E-state index contributed by atoms with van der Waals surface area (Å²) in [5, 5.41) is 11.7. The molecular weight excluding hydrogens is 479 g/mol. The number of nitrogens with one attached hydrogen (secondary N) is 1. The molecule has 0 saturated carbocycles. The molecule has 2 N–H and O–H groups in total. The van der Waals surface area contributed by atoms with Gasteiger partial charge in [-0.25, -0.2) is 4.98 Å². The van der Waals surface area contributed by atoms with Crippen LogP contribution in [0.2, 0.25) is 10.0 Å². The molecule has 34 heavy (non-hydrogen) atoms. The zero-order valence-corrected chi connectivity index (χ0v) is 19.1. The molecule has 1 saturated heterocycles. The number of pyridine rings is 1. The van der Waals surface area contributed by atoms with Crippen molar-refractivity contribution in [3.63, 3.8) is 0 Å². The van der Waals surface area contributed by atoms with Crippen LogP contribution < -0.4 is 9.64 Å². The molecule has 170 valence electrons. The maximum atomic E-state index is 13.3. The Labute approximate surface area is 203 Å². The zero-order valence-electron chi connectivity index (χ0n) is 17.6. The highest BCUT2D eigenvalue weighted by atomic mass is 35.5. The summed E-state index contributed by atoms with van der Waals surface area (Å²) in [6, 6.07) is 12.4. The van der Waals surface area contributed by atoms with Crippen molar-refractivity contribution in [3.05, 3.63) is 87.7 Å². The van der Waals surface area contributed by atoms with Crippen molar-refractivity contribution in [2.45, 2.75) is 6.04 Å². The van der Waals surface area contributed by atoms with Gasteiger partial charge in [-0.15, -0.1) is 0 Å². The lowest BCUT2D eigenvalue weighted by atomic mass is 9.95. The normalized spacial score (nSPS) is 17.5. The summed E-state index contributed by atoms with van der Waals surface area (Å²) in [5.41, 5.74) is 1.78. The van der Waals surface area contributed by atoms with Crippen LogP contribution in [0, 0.1) is 0 Å². The van der Waals surface area contributed by atoms with Gasteiger partial charge in [0.2, 0.25) is 5.95 Å². The van der Waals surface area contributed by atoms with Gasteiger partial charge >= 0.3 is 5.91 Å². The number of para-hydroxylation sites is 2. The lowest BCUT2D eigenvalue weighted by Crippen LogP contribution is -2.30. The van der Waals surface area contributed by atoms with E-state index in [1.165, 1.54) is 36.5 Å². The third-order valence-corrected chi connectivity index (χ3v) is 6.04. The van der Waals surface area contributed by atoms with Crippen molar-refractivity contribution in [1.29, 1.82) is 0 Å². The minimum atomic E-state index is -0.994. The maximum absolute atomic E-state index is 13.3. The van der Waals surface area contributed by atoms with Crippen molar-refractivity contribution < 1.29 is 19.4 Å². The quantitative estimate of drug-likeness (QED) is 0.237. The SMILES string of the molecule is COc1c(Cl)cc(Cl)cc1/C(O)=C1\C(=O)C(=O)N(c2nc3ccccc3[nH]2)C1c1ccncc1. The molecule has 1 atom stereocenters. The van der Waals surface area contributed by atoms with E-state index >= 15 is 0 Å². The second-order valence-electron chi connectivity index (χ2n) is 7.50. The van der Waals surface area contributed by atoms with Crippen LogP contribution in [0.15, 0.2) is 66.5 Å². The number of aliphatic hydroxyl groups is 1. The number of benzene rings is 2. The second kappa shape index (κ2) is 8.48. The number of carbonyl (C=O) groups is 2. The molecular formula is C24H16Cl2N4O4. The Kier molecular flexibility index (Phi) is 5.47. The van der Waals surface area contributed by atoms with Gasteiger partial charge in [-0.3, -0.25) is 19.5 Å². The van der Waals surface area contributed by atoms with Gasteiger partial charge in [-0.2, -0.15) is 0 Å². The van der Waals surface area contributed by atoms with Crippen LogP contribution in [-0.2, 0) is 9.59 Å². The first-order valence-corrected chi connectivity index (χ1v) is 10.9. The second-order valence-corrected chi connectivity index (χ2v) is 8.34. The third kappa shape index (κ3) is 3.48. The fraction of sp³-hybridized carbons (Fsp3) is 0.0833. The number of imidazole rings is 1. The predicted octanol–water partition coefficient (Wildman–Crippen LogP) is 4.90. The van der Waals surface area contributed by atoms with Crippen molar-refractivity contribution in [1.82, 2.24) is 15.0 Å². The van der Waals surface area contributed by atoms with Crippen molar-refractivity contribution in [3.8, 4) is 5.75 Å². The van der Waals surface area contributed by atoms with E-state index in [4.69, 9.17) is 27.9 Å². The topological polar surface area (TPSA) is 108 Å². The summed E-state index contributed by atoms with van der Waals surface area (Å²) in [5.74, 6) is -1.93. The van der Waals surface area contributed by atoms with Gasteiger partial charge in [0.25, 0.3) is 5.78 Å². The van der Waals surface area contributed by atoms with Crippen LogP contribution in [0.5, 0.6) is 5.75 Å². The molecule has 0 aliphatic carbocycles. The van der Waals surface area contributed by atoms with E-state index in [0.717, 1.165) is 0 Å². The average molecular weight is 495 g/mol. The first kappa shape index (κ1) is 21.9. The predicted molar refractivity (Wildman–Crippen MR) is 128 cm³/mol. The summed E-state index contributed by atoms with van der Waals surface area (Å²) in [6.07, 6.45) is 3.07. The minimum absolute atomic E-state index is 0.0849. The Morgan fingerprint density at radius 2 is 1.85 bits per heavy atom. The number of rotatable bonds is 4. The third-order valence-electron chi connectivity index (χ3n) is 5.54. The Hall–Kier alpha value is -3.88. The van der Waals surface area contributed by atoms with Crippen molar-refractivity contribution in [2.24, 2.45) is 0 Å². The van der Waals surface area contributed by atoms with Crippen LogP contribution in [0.1, 0.15) is 17.2 Å². The van der Waals surface area contributed by atoms with E-state index < -0.39 is 23.5 Å². The number of ether oxygens (including phenoxy) is 1. The number of fused-ring (bicyclic) bond motifs is 1. The summed E-state index contributed by atoms with van der Waals surface area (Å²) >= 11 is 12.4. The number of methoxy groups -OCH3 is 1. The van der Waals surface area contributed by atoms with Gasteiger partial charge in [0, 0.05) is 17.4 Å². The number of H-pyrrole nitrogens is 1. The molecule has 0 radical (unpaired) electrons. The molecule has 2 aromatic heterocycles. The van der Waals surface area contributed by atoms with Crippen LogP contribution in [0.4, 0.5) is 5.95 Å². The van der Waals surface area contributed by atoms with E-state index in [0.29, 0.717) is 16.6 Å². The number of ketones is 1. The van der Waals surface area contributed by atoms with Crippen LogP contribution >= 0.6 is 23.2 Å². The molecule has 10 heteroatoms. The van der Waals surface area contributed by atoms with Gasteiger partial charge in [-0.1, -0.05) is 35.3 Å². The highest BCUT2D eigenvalue weighted by Gasteiger charge is 2.48. The Morgan fingerprint density at radius 1 is 1.12 bits per heavy atom. The number of anilines is 1. The van der Waals surface area contributed by atoms with E-state index in [2.05, 4.69) is 15.0 Å². The van der Waals surface area contributed by atoms with Gasteiger partial charge in [-0.05, 0) is 42.0 Å². The van der Waals surface area contributed by atoms with E-state index in [9.17, 15) is 14.7 Å². The van der Waals surface area contributed by atoms with E-state index in [-0.39, 0.29) is 32.9 Å². The molecule has 1 aliphatic rings. The first-order chi connectivity index (χ1) is 16.4. The smallest absolute Gasteiger partial charge is 0.302 e. The number of carbonyl (C=O) groups excluding carboxylic acids is 2. The van der Waals surface area contributed by atoms with Crippen LogP contribution in [0.25, 0.3) is 16.8 Å². The Morgan fingerprint density at radius 3 is 2.56 bits per heavy atom. The number of Topliss-reactive ketones (excluding diaryl/α,β-unsaturated/α-hetero) is 1. The summed E-state index contributed by atoms with van der Waals surface area (Å²) in [6.45, 7) is 0. The molecule has 3 heterocycles. The molecule has 0 bridgehead atoms. The zero-order chi connectivity index (χ0) is 24.0. The molecule has 1 fully saturated rings. The number of hydrogen-bond acceptors (Lipinski definition) is 6. The van der Waals surface area contributed by atoms with Crippen molar-refractivity contribution in [2.75, 3.05) is 12.0 Å². The molecule has 5 rings (SSSR count). The molecule has 8 nitrogen and oxygen atoms in total. The maximum Gasteiger partial charge on any atom is 0.302 e. The van der Waals surface area contributed by atoms with Gasteiger partial charge in [0.15, 0.2) is 0 Å². The van der Waals surface area contributed by atoms with Crippen LogP contribution in [0.3, 0.4) is 0 Å². The van der Waals surface area contributed by atoms with Gasteiger partial charge in [0.05, 0.1) is 40.3 Å². The molecule has 1 amide bonds. The number of aromatic amines is 1. The number of halogens is 2. The Bertz CT molecular complexity index is 1450. The minimum Gasteiger partial charge on any atom is -0.507 e. The van der Waals surface area contributed by atoms with Gasteiger partial charge in [0.1, 0.15) is 11.5 Å². The molecule has 1 aliphatic heterocycles. The molecule has 1 unspecified atom stereocenters. The first-order valence-electron chi connectivity index (χ1n) is 10.1. The lowest BCUT2D eigenvalue weighted by molar-refractivity contribution is -0.132. The standard InChI is InChI=1S/C24H16Cl2N4O4/c1-34-22-14(10-13(25)11-15(22)26)20(31)18-19(12-6-8-27-9-7-12)30(23(33)21(18)32)24-28-16-4-2-3-5-17(16)29-24/h2-11,19,31H,1H3,(H,28,29)/b20-18+. The van der Waals surface area contributed by atoms with Gasteiger partial charge < -0.3 is 14.8 Å². The highest BCUT2D eigenvalue weighted by Crippen LogP contribution is 2.44. The molecule has 4 aromatic rings. The summed E-state index contributed by atoms with van der Waals surface area (Å²) in [4.78, 5) is 39.4. The van der Waals surface area contributed by atoms with E-state index in [1.807, 2.05) is 18.2 Å². The van der Waals surface area contributed by atoms with E-state index in [1.54, 1.807) is 18.2 Å². The fourth-order valence-corrected chi connectivity index (χ4v) is 4.62. The number of amides is 1. The van der Waals surface area contributed by atoms with Crippen molar-refractivity contribution >= 4 is 57.6 Å². The monoisotopic (exact) mass is 494 g/mol. The lowest BCUT2D eigenvalue weighted by Gasteiger charge is -2.23. The largest absolute Gasteiger partial charge is 0.507 e. The fourth-order valence-electron chi connectivity index (χ4n) is 4.05. The Balaban J connectivity index is 1.77. The number of nitrogens with zero attached hydrogens (tertiary/aromatic N) is 3. The van der Waals surface area contributed by atoms with Crippen LogP contribution in [-0.4, -0.2) is 38.9 Å². The average Bonchev–Trinajstić information content (AvgIpc) is 3.37. The summed E-state index contributed by atoms with van der Waals surface area (Å²) in [7, 11) is 1.37. The summed E-state index contributed by atoms with van der Waals surface area (Å²) < 4.78 is 5.34. The molecule has 0 spiro atoms. The number of aliphatic hydroxyl groups excluding tert-OH is 1.